The molecule has 1 aliphatic heterocycles. The first-order chi connectivity index (χ1) is 11.7. The third-order valence-electron chi connectivity index (χ3n) is 5.93. The predicted molar refractivity (Wildman–Crippen MR) is 102 cm³/mol. The van der Waals surface area contributed by atoms with Gasteiger partial charge in [-0.1, -0.05) is 36.6 Å². The highest BCUT2D eigenvalue weighted by atomic mass is 35.5. The van der Waals surface area contributed by atoms with E-state index in [1.807, 2.05) is 23.5 Å². The van der Waals surface area contributed by atoms with Gasteiger partial charge in [-0.2, -0.15) is 0 Å². The first-order valence-corrected chi connectivity index (χ1v) is 10.3. The van der Waals surface area contributed by atoms with Gasteiger partial charge in [-0.05, 0) is 63.5 Å². The molecule has 2 nitrogen and oxygen atoms in total. The Hall–Kier alpha value is -0.900. The van der Waals surface area contributed by atoms with E-state index >= 15 is 0 Å². The minimum absolute atomic E-state index is 0.116. The van der Waals surface area contributed by atoms with Crippen LogP contribution in [0.2, 0.25) is 5.02 Å². The number of halogens is 1. The summed E-state index contributed by atoms with van der Waals surface area (Å²) >= 11 is 7.99. The normalized spacial score (nSPS) is 22.1. The van der Waals surface area contributed by atoms with Crippen LogP contribution in [0.25, 0.3) is 0 Å². The Kier molecular flexibility index (Phi) is 4.68. The van der Waals surface area contributed by atoms with Crippen LogP contribution in [0.15, 0.2) is 29.6 Å². The average Bonchev–Trinajstić information content (AvgIpc) is 3.26. The van der Waals surface area contributed by atoms with Gasteiger partial charge in [0.05, 0.1) is 10.7 Å². The third-order valence-corrected chi connectivity index (χ3v) is 7.19. The van der Waals surface area contributed by atoms with Gasteiger partial charge in [0.25, 0.3) is 0 Å². The van der Waals surface area contributed by atoms with Crippen molar-refractivity contribution in [3.8, 4) is 0 Å². The number of thiazole rings is 1. The van der Waals surface area contributed by atoms with E-state index in [4.69, 9.17) is 16.6 Å². The molecule has 0 amide bonds. The highest BCUT2D eigenvalue weighted by Crippen LogP contribution is 2.47. The quantitative estimate of drug-likeness (QED) is 0.721. The molecule has 0 unspecified atom stereocenters. The molecule has 2 aromatic rings. The second-order valence-corrected chi connectivity index (χ2v) is 8.77. The van der Waals surface area contributed by atoms with E-state index in [0.717, 1.165) is 5.02 Å². The standard InChI is InChI=1S/C20H25ClN2S/c1-23-12-8-15(9-13-23)19-22-18(14-24-19)20(10-2-3-11-20)16-4-6-17(21)7-5-16/h4-7,14-15H,2-3,8-13H2,1H3. The van der Waals surface area contributed by atoms with Gasteiger partial charge in [-0.3, -0.25) is 0 Å². The van der Waals surface area contributed by atoms with Gasteiger partial charge >= 0.3 is 0 Å². The molecule has 1 aromatic heterocycles. The number of rotatable bonds is 3. The summed E-state index contributed by atoms with van der Waals surface area (Å²) in [4.78, 5) is 7.61. The van der Waals surface area contributed by atoms with Crippen molar-refractivity contribution in [1.82, 2.24) is 9.88 Å². The number of nitrogens with zero attached hydrogens (tertiary/aromatic N) is 2. The number of aromatic nitrogens is 1. The van der Waals surface area contributed by atoms with Crippen molar-refractivity contribution < 1.29 is 0 Å². The maximum Gasteiger partial charge on any atom is 0.0960 e. The Labute approximate surface area is 153 Å². The highest BCUT2D eigenvalue weighted by Gasteiger charge is 2.39. The number of likely N-dealkylation sites (tertiary alicyclic amines) is 1. The summed E-state index contributed by atoms with van der Waals surface area (Å²) in [6, 6.07) is 8.48. The number of hydrogen-bond acceptors (Lipinski definition) is 3. The van der Waals surface area contributed by atoms with E-state index < -0.39 is 0 Å². The number of piperidine rings is 1. The Balaban J connectivity index is 1.64. The summed E-state index contributed by atoms with van der Waals surface area (Å²) in [5.74, 6) is 0.656. The minimum atomic E-state index is 0.116. The van der Waals surface area contributed by atoms with E-state index in [9.17, 15) is 0 Å². The van der Waals surface area contributed by atoms with Crippen LogP contribution >= 0.6 is 22.9 Å². The molecule has 128 valence electrons. The van der Waals surface area contributed by atoms with Crippen LogP contribution < -0.4 is 0 Å². The summed E-state index contributed by atoms with van der Waals surface area (Å²) in [6.07, 6.45) is 7.51. The highest BCUT2D eigenvalue weighted by molar-refractivity contribution is 7.09. The third kappa shape index (κ3) is 3.02. The molecule has 4 heteroatoms. The lowest BCUT2D eigenvalue weighted by Crippen LogP contribution is -2.29. The Bertz CT molecular complexity index is 680. The van der Waals surface area contributed by atoms with Crippen molar-refractivity contribution in [3.63, 3.8) is 0 Å². The van der Waals surface area contributed by atoms with E-state index in [-0.39, 0.29) is 5.41 Å². The molecule has 0 atom stereocenters. The lowest BCUT2D eigenvalue weighted by atomic mass is 9.76. The molecule has 24 heavy (non-hydrogen) atoms. The van der Waals surface area contributed by atoms with E-state index in [0.29, 0.717) is 5.92 Å². The summed E-state index contributed by atoms with van der Waals surface area (Å²) < 4.78 is 0. The fourth-order valence-electron chi connectivity index (χ4n) is 4.39. The maximum absolute atomic E-state index is 6.11. The fraction of sp³-hybridized carbons (Fsp3) is 0.550. The molecule has 1 aromatic carbocycles. The van der Waals surface area contributed by atoms with Gasteiger partial charge in [0.15, 0.2) is 0 Å². The zero-order valence-corrected chi connectivity index (χ0v) is 15.9. The van der Waals surface area contributed by atoms with Crippen molar-refractivity contribution in [2.45, 2.75) is 49.9 Å². The van der Waals surface area contributed by atoms with Crippen molar-refractivity contribution in [2.24, 2.45) is 0 Å². The Morgan fingerprint density at radius 1 is 1.12 bits per heavy atom. The molecule has 4 rings (SSSR count). The van der Waals surface area contributed by atoms with Crippen molar-refractivity contribution >= 4 is 22.9 Å². The van der Waals surface area contributed by atoms with Gasteiger partial charge in [0, 0.05) is 21.7 Å². The van der Waals surface area contributed by atoms with Crippen LogP contribution in [0.1, 0.15) is 60.7 Å². The first kappa shape index (κ1) is 16.6. The molecule has 2 aliphatic rings. The van der Waals surface area contributed by atoms with Crippen molar-refractivity contribution in [3.05, 3.63) is 50.9 Å². The van der Waals surface area contributed by atoms with Gasteiger partial charge in [0.2, 0.25) is 0 Å². The van der Waals surface area contributed by atoms with Crippen molar-refractivity contribution in [1.29, 1.82) is 0 Å². The Morgan fingerprint density at radius 2 is 1.79 bits per heavy atom. The number of hydrogen-bond donors (Lipinski definition) is 0. The SMILES string of the molecule is CN1CCC(c2nc(C3(c4ccc(Cl)cc4)CCCC3)cs2)CC1. The van der Waals surface area contributed by atoms with E-state index in [1.54, 1.807) is 0 Å². The smallest absolute Gasteiger partial charge is 0.0960 e. The summed E-state index contributed by atoms with van der Waals surface area (Å²) in [6.45, 7) is 2.39. The second-order valence-electron chi connectivity index (χ2n) is 7.44. The molecule has 1 saturated heterocycles. The summed E-state index contributed by atoms with van der Waals surface area (Å²) in [7, 11) is 2.22. The lowest BCUT2D eigenvalue weighted by Gasteiger charge is -2.29. The van der Waals surface area contributed by atoms with Crippen LogP contribution in [0.3, 0.4) is 0 Å². The average molecular weight is 361 g/mol. The van der Waals surface area contributed by atoms with Crippen LogP contribution in [0.5, 0.6) is 0 Å². The molecule has 1 aliphatic carbocycles. The van der Waals surface area contributed by atoms with Gasteiger partial charge < -0.3 is 4.90 Å². The van der Waals surface area contributed by atoms with Gasteiger partial charge in [-0.15, -0.1) is 11.3 Å². The molecule has 2 fully saturated rings. The number of benzene rings is 1. The molecular formula is C20H25ClN2S. The fourth-order valence-corrected chi connectivity index (χ4v) is 5.61. The summed E-state index contributed by atoms with van der Waals surface area (Å²) in [5, 5.41) is 4.52. The van der Waals surface area contributed by atoms with Crippen molar-refractivity contribution in [2.75, 3.05) is 20.1 Å². The lowest BCUT2D eigenvalue weighted by molar-refractivity contribution is 0.255. The predicted octanol–water partition coefficient (Wildman–Crippen LogP) is 5.47. The molecule has 0 N–H and O–H groups in total. The van der Waals surface area contributed by atoms with E-state index in [2.05, 4.69) is 29.5 Å². The van der Waals surface area contributed by atoms with Gasteiger partial charge in [-0.25, -0.2) is 4.98 Å². The van der Waals surface area contributed by atoms with E-state index in [1.165, 1.54) is 67.9 Å². The molecular weight excluding hydrogens is 336 g/mol. The zero-order chi connectivity index (χ0) is 16.6. The van der Waals surface area contributed by atoms with Crippen LogP contribution in [-0.4, -0.2) is 30.0 Å². The second kappa shape index (κ2) is 6.78. The first-order valence-electron chi connectivity index (χ1n) is 9.08. The molecule has 0 spiro atoms. The van der Waals surface area contributed by atoms with Gasteiger partial charge in [0.1, 0.15) is 0 Å². The van der Waals surface area contributed by atoms with Crippen LogP contribution in [0.4, 0.5) is 0 Å². The molecule has 1 saturated carbocycles. The van der Waals surface area contributed by atoms with Crippen LogP contribution in [-0.2, 0) is 5.41 Å². The molecule has 0 radical (unpaired) electrons. The summed E-state index contributed by atoms with van der Waals surface area (Å²) in [5.41, 5.74) is 2.82. The largest absolute Gasteiger partial charge is 0.306 e. The van der Waals surface area contributed by atoms with Crippen LogP contribution in [0, 0.1) is 0 Å². The monoisotopic (exact) mass is 360 g/mol. The topological polar surface area (TPSA) is 16.1 Å². The minimum Gasteiger partial charge on any atom is -0.306 e. The molecule has 0 bridgehead atoms. The maximum atomic E-state index is 6.11. The zero-order valence-electron chi connectivity index (χ0n) is 14.3. The Morgan fingerprint density at radius 3 is 2.46 bits per heavy atom. The molecule has 2 heterocycles.